The summed E-state index contributed by atoms with van der Waals surface area (Å²) in [6, 6.07) is -1.32. The Morgan fingerprint density at radius 1 is 1.30 bits per heavy atom. The molecule has 2 fully saturated rings. The number of allylic oxidation sites excluding steroid dienone is 1. The van der Waals surface area contributed by atoms with Gasteiger partial charge in [0.15, 0.2) is 11.5 Å². The minimum atomic E-state index is -3.96. The minimum absolute atomic E-state index is 0. The number of carboxylic acids is 1. The summed E-state index contributed by atoms with van der Waals surface area (Å²) in [6.45, 7) is 5.25. The van der Waals surface area contributed by atoms with Gasteiger partial charge in [-0.25, -0.2) is 9.59 Å². The monoisotopic (exact) mass is 412 g/mol. The number of likely N-dealkylation sites (tertiary alicyclic amines) is 1. The van der Waals surface area contributed by atoms with Crippen LogP contribution in [-0.4, -0.2) is 71.8 Å². The van der Waals surface area contributed by atoms with Gasteiger partial charge >= 0.3 is 51.7 Å². The first-order valence-corrected chi connectivity index (χ1v) is 9.80. The summed E-state index contributed by atoms with van der Waals surface area (Å²) in [7, 11) is -3.96. The molecule has 0 unspecified atom stereocenters. The number of aliphatic carboxylic acids is 1. The standard InChI is InChI=1S/C15H20N2O8S.Na.H/c1-15(2,3)24-14(21)16-6-7-5-8(25-26(4,22)23)10(13(19)20)17-9(7)11(16)12(17)18;;/h7,9,11H,5-6H2,1-4H3,(H,19,20);;/q;+1;-1/t7-,9-,11+;;/m1../s1. The summed E-state index contributed by atoms with van der Waals surface area (Å²) in [5, 5.41) is 9.43. The first kappa shape index (κ1) is 22.0. The molecule has 3 rings (SSSR count). The molecular formula is C15H21N2NaO8S. The first-order valence-electron chi connectivity index (χ1n) is 7.99. The van der Waals surface area contributed by atoms with Crippen LogP contribution in [0.25, 0.3) is 0 Å². The Kier molecular flexibility index (Phi) is 5.66. The van der Waals surface area contributed by atoms with Gasteiger partial charge in [-0.1, -0.05) is 0 Å². The van der Waals surface area contributed by atoms with Crippen molar-refractivity contribution in [2.45, 2.75) is 44.9 Å². The van der Waals surface area contributed by atoms with Crippen molar-refractivity contribution in [1.29, 1.82) is 0 Å². The van der Waals surface area contributed by atoms with Crippen LogP contribution in [-0.2, 0) is 28.6 Å². The molecule has 3 aliphatic heterocycles. The van der Waals surface area contributed by atoms with Gasteiger partial charge in [-0.05, 0) is 20.8 Å². The number of carbonyl (C=O) groups excluding carboxylic acids is 2. The average molecular weight is 412 g/mol. The molecule has 3 heterocycles. The molecule has 2 saturated heterocycles. The Balaban J connectivity index is 0.00000196. The second kappa shape index (κ2) is 6.94. The van der Waals surface area contributed by atoms with Gasteiger partial charge in [-0.2, -0.15) is 8.42 Å². The third-order valence-electron chi connectivity index (χ3n) is 4.40. The van der Waals surface area contributed by atoms with Crippen molar-refractivity contribution in [2.24, 2.45) is 5.92 Å². The van der Waals surface area contributed by atoms with Gasteiger partial charge in [0.25, 0.3) is 5.91 Å². The van der Waals surface area contributed by atoms with E-state index >= 15 is 0 Å². The van der Waals surface area contributed by atoms with Gasteiger partial charge in [0.1, 0.15) is 11.6 Å². The van der Waals surface area contributed by atoms with Crippen LogP contribution in [0.4, 0.5) is 4.79 Å². The molecule has 12 heteroatoms. The Bertz CT molecular complexity index is 837. The summed E-state index contributed by atoms with van der Waals surface area (Å²) >= 11 is 0. The molecular weight excluding hydrogens is 391 g/mol. The zero-order chi connectivity index (χ0) is 19.6. The Hall–Kier alpha value is -1.30. The van der Waals surface area contributed by atoms with Gasteiger partial charge < -0.3 is 15.5 Å². The molecule has 3 aliphatic rings. The largest absolute Gasteiger partial charge is 1.00 e. The van der Waals surface area contributed by atoms with E-state index in [9.17, 15) is 27.9 Å². The van der Waals surface area contributed by atoms with Crippen molar-refractivity contribution in [3.8, 4) is 0 Å². The Labute approximate surface area is 180 Å². The number of β-lactam (4-membered cyclic amide) rings is 1. The van der Waals surface area contributed by atoms with E-state index in [0.717, 1.165) is 11.2 Å². The van der Waals surface area contributed by atoms with Crippen LogP contribution >= 0.6 is 0 Å². The van der Waals surface area contributed by atoms with Crippen LogP contribution in [0.2, 0.25) is 0 Å². The zero-order valence-corrected chi connectivity index (χ0v) is 18.6. The number of hydrogen-bond donors (Lipinski definition) is 1. The molecule has 2 amide bonds. The van der Waals surface area contributed by atoms with Gasteiger partial charge in [0.2, 0.25) is 0 Å². The fourth-order valence-electron chi connectivity index (χ4n) is 3.66. The molecule has 0 saturated carbocycles. The molecule has 0 aromatic rings. The molecule has 0 spiro atoms. The minimum Gasteiger partial charge on any atom is -1.00 e. The van der Waals surface area contributed by atoms with Crippen LogP contribution in [0, 0.1) is 5.92 Å². The smallest absolute Gasteiger partial charge is 1.00 e. The fourth-order valence-corrected chi connectivity index (χ4v) is 4.17. The summed E-state index contributed by atoms with van der Waals surface area (Å²) in [6.07, 6.45) is 0.139. The van der Waals surface area contributed by atoms with E-state index in [0.29, 0.717) is 0 Å². The molecule has 0 bridgehead atoms. The van der Waals surface area contributed by atoms with Crippen molar-refractivity contribution in [1.82, 2.24) is 9.80 Å². The maximum atomic E-state index is 12.5. The van der Waals surface area contributed by atoms with E-state index < -0.39 is 51.5 Å². The summed E-state index contributed by atoms with van der Waals surface area (Å²) < 4.78 is 33.0. The van der Waals surface area contributed by atoms with Crippen LogP contribution in [0.1, 0.15) is 28.6 Å². The predicted octanol–water partition coefficient (Wildman–Crippen LogP) is -2.77. The van der Waals surface area contributed by atoms with Gasteiger partial charge in [0.05, 0.1) is 12.3 Å². The van der Waals surface area contributed by atoms with Gasteiger partial charge in [-0.3, -0.25) is 14.6 Å². The van der Waals surface area contributed by atoms with E-state index in [-0.39, 0.29) is 55.6 Å². The average Bonchev–Trinajstić information content (AvgIpc) is 2.78. The number of ether oxygens (including phenoxy) is 1. The van der Waals surface area contributed by atoms with E-state index in [1.54, 1.807) is 20.8 Å². The zero-order valence-electron chi connectivity index (χ0n) is 16.8. The van der Waals surface area contributed by atoms with Crippen molar-refractivity contribution in [2.75, 3.05) is 12.8 Å². The van der Waals surface area contributed by atoms with Gasteiger partial charge in [-0.15, -0.1) is 0 Å². The van der Waals surface area contributed by atoms with E-state index in [1.165, 1.54) is 4.90 Å². The fraction of sp³-hybridized carbons (Fsp3) is 0.667. The van der Waals surface area contributed by atoms with Gasteiger partial charge in [0, 0.05) is 18.9 Å². The molecule has 1 N–H and O–H groups in total. The van der Waals surface area contributed by atoms with Crippen LogP contribution in [0.5, 0.6) is 0 Å². The molecule has 0 aromatic heterocycles. The topological polar surface area (TPSA) is 131 Å². The SMILES string of the molecule is CC(C)(C)OC(=O)N1C[C@H]2CC(OS(C)(=O)=O)=C(C(=O)O)N3C(=O)[C@@H]1[C@@H]23.[H-].[Na+]. The third kappa shape index (κ3) is 3.96. The second-order valence-electron chi connectivity index (χ2n) is 7.60. The van der Waals surface area contributed by atoms with Crippen molar-refractivity contribution in [3.63, 3.8) is 0 Å². The van der Waals surface area contributed by atoms with E-state index in [1.807, 2.05) is 0 Å². The molecule has 0 aromatic carbocycles. The summed E-state index contributed by atoms with van der Waals surface area (Å²) in [4.78, 5) is 38.8. The van der Waals surface area contributed by atoms with Crippen molar-refractivity contribution >= 4 is 28.1 Å². The molecule has 146 valence electrons. The number of hydrogen-bond acceptors (Lipinski definition) is 7. The van der Waals surface area contributed by atoms with Crippen LogP contribution in [0.3, 0.4) is 0 Å². The molecule has 27 heavy (non-hydrogen) atoms. The van der Waals surface area contributed by atoms with E-state index in [4.69, 9.17) is 8.92 Å². The number of carbonyl (C=O) groups is 3. The Morgan fingerprint density at radius 2 is 1.89 bits per heavy atom. The van der Waals surface area contributed by atoms with Crippen molar-refractivity contribution < 1.29 is 67.8 Å². The first-order chi connectivity index (χ1) is 11.8. The quantitative estimate of drug-likeness (QED) is 0.299. The van der Waals surface area contributed by atoms with Crippen LogP contribution in [0.15, 0.2) is 11.5 Å². The van der Waals surface area contributed by atoms with E-state index in [2.05, 4.69) is 0 Å². The summed E-state index contributed by atoms with van der Waals surface area (Å²) in [5.74, 6) is -2.66. The summed E-state index contributed by atoms with van der Waals surface area (Å²) in [5.41, 5.74) is -1.23. The number of carboxylic acid groups (broad SMARTS) is 1. The molecule has 0 aliphatic carbocycles. The molecule has 10 nitrogen and oxygen atoms in total. The maximum Gasteiger partial charge on any atom is 1.00 e. The predicted molar refractivity (Wildman–Crippen MR) is 87.2 cm³/mol. The molecule has 0 radical (unpaired) electrons. The van der Waals surface area contributed by atoms with Crippen molar-refractivity contribution in [3.05, 3.63) is 11.5 Å². The van der Waals surface area contributed by atoms with Crippen LogP contribution < -0.4 is 29.6 Å². The number of rotatable bonds is 3. The number of amides is 2. The maximum absolute atomic E-state index is 12.5. The normalized spacial score (nSPS) is 26.8. The number of nitrogens with zero attached hydrogens (tertiary/aromatic N) is 2. The Morgan fingerprint density at radius 3 is 2.37 bits per heavy atom. The third-order valence-corrected chi connectivity index (χ3v) is 4.90. The molecule has 3 atom stereocenters. The second-order valence-corrected chi connectivity index (χ2v) is 9.18.